The monoisotopic (exact) mass is 311 g/mol. The van der Waals surface area contributed by atoms with E-state index in [9.17, 15) is 13.5 Å². The Balaban J connectivity index is 2.33. The second-order valence-corrected chi connectivity index (χ2v) is 8.09. The third kappa shape index (κ3) is 3.84. The second-order valence-electron chi connectivity index (χ2n) is 6.20. The molecule has 1 aliphatic carbocycles. The van der Waals surface area contributed by atoms with Gasteiger partial charge in [0, 0.05) is 12.6 Å². The average Bonchev–Trinajstić information content (AvgIpc) is 3.28. The summed E-state index contributed by atoms with van der Waals surface area (Å²) in [7, 11) is -3.47. The number of nitrogens with zero attached hydrogens (tertiary/aromatic N) is 1. The van der Waals surface area contributed by atoms with E-state index in [0.717, 1.165) is 12.8 Å². The minimum atomic E-state index is -3.47. The van der Waals surface area contributed by atoms with Crippen molar-refractivity contribution in [2.75, 3.05) is 6.54 Å². The number of hydrogen-bond acceptors (Lipinski definition) is 3. The molecule has 0 bridgehead atoms. The van der Waals surface area contributed by atoms with Gasteiger partial charge in [0.2, 0.25) is 10.0 Å². The van der Waals surface area contributed by atoms with E-state index in [0.29, 0.717) is 29.3 Å². The average molecular weight is 311 g/mol. The van der Waals surface area contributed by atoms with Crippen LogP contribution in [0.1, 0.15) is 51.7 Å². The molecule has 0 saturated heterocycles. The van der Waals surface area contributed by atoms with E-state index < -0.39 is 16.1 Å². The van der Waals surface area contributed by atoms with Crippen molar-refractivity contribution in [3.8, 4) is 0 Å². The third-order valence-electron chi connectivity index (χ3n) is 3.74. The van der Waals surface area contributed by atoms with Crippen LogP contribution >= 0.6 is 0 Å². The molecule has 0 amide bonds. The van der Waals surface area contributed by atoms with E-state index in [1.165, 1.54) is 0 Å². The first-order valence-electron chi connectivity index (χ1n) is 7.66. The summed E-state index contributed by atoms with van der Waals surface area (Å²) in [6.07, 6.45) is 1.86. The summed E-state index contributed by atoms with van der Waals surface area (Å²) in [5.41, 5.74) is 0.666. The van der Waals surface area contributed by atoms with Crippen LogP contribution in [0.15, 0.2) is 29.2 Å². The maximum Gasteiger partial charge on any atom is 0.243 e. The number of aliphatic hydroxyl groups excluding tert-OH is 1. The standard InChI is InChI=1S/C16H25NO3S/c1-4-16(18)13-6-5-7-15(10-13)21(19,20)17(11-12(2)3)14-8-9-14/h5-7,10,12,14,16,18H,4,8-9,11H2,1-3H3. The van der Waals surface area contributed by atoms with Gasteiger partial charge in [0.25, 0.3) is 0 Å². The lowest BCUT2D eigenvalue weighted by molar-refractivity contribution is 0.173. The summed E-state index contributed by atoms with van der Waals surface area (Å²) in [6, 6.07) is 6.87. The zero-order chi connectivity index (χ0) is 15.6. The number of rotatable bonds is 7. The highest BCUT2D eigenvalue weighted by Gasteiger charge is 2.38. The van der Waals surface area contributed by atoms with E-state index >= 15 is 0 Å². The summed E-state index contributed by atoms with van der Waals surface area (Å²) in [6.45, 7) is 6.49. The number of benzene rings is 1. The predicted octanol–water partition coefficient (Wildman–Crippen LogP) is 2.94. The predicted molar refractivity (Wildman–Crippen MR) is 83.4 cm³/mol. The van der Waals surface area contributed by atoms with Gasteiger partial charge in [-0.2, -0.15) is 4.31 Å². The maximum absolute atomic E-state index is 12.9. The molecular weight excluding hydrogens is 286 g/mol. The van der Waals surface area contributed by atoms with Crippen molar-refractivity contribution in [2.24, 2.45) is 5.92 Å². The molecule has 1 N–H and O–H groups in total. The minimum Gasteiger partial charge on any atom is -0.388 e. The molecule has 2 rings (SSSR count). The van der Waals surface area contributed by atoms with Crippen molar-refractivity contribution >= 4 is 10.0 Å². The van der Waals surface area contributed by atoms with Crippen molar-refractivity contribution in [3.63, 3.8) is 0 Å². The van der Waals surface area contributed by atoms with Gasteiger partial charge in [-0.1, -0.05) is 32.9 Å². The summed E-state index contributed by atoms with van der Waals surface area (Å²) in [4.78, 5) is 0.292. The zero-order valence-electron chi connectivity index (χ0n) is 13.0. The van der Waals surface area contributed by atoms with E-state index in [4.69, 9.17) is 0 Å². The lowest BCUT2D eigenvalue weighted by Gasteiger charge is -2.24. The Labute approximate surface area is 127 Å². The number of sulfonamides is 1. The Morgan fingerprint density at radius 2 is 2.00 bits per heavy atom. The van der Waals surface area contributed by atoms with Crippen LogP contribution < -0.4 is 0 Å². The van der Waals surface area contributed by atoms with Gasteiger partial charge in [-0.15, -0.1) is 0 Å². The smallest absolute Gasteiger partial charge is 0.243 e. The lowest BCUT2D eigenvalue weighted by atomic mass is 10.1. The van der Waals surface area contributed by atoms with Crippen molar-refractivity contribution in [1.29, 1.82) is 0 Å². The molecule has 5 heteroatoms. The van der Waals surface area contributed by atoms with E-state index in [1.807, 2.05) is 20.8 Å². The molecular formula is C16H25NO3S. The van der Waals surface area contributed by atoms with Crippen LogP contribution in [0, 0.1) is 5.92 Å². The SMILES string of the molecule is CCC(O)c1cccc(S(=O)(=O)N(CC(C)C)C2CC2)c1. The highest BCUT2D eigenvalue weighted by molar-refractivity contribution is 7.89. The fraction of sp³-hybridized carbons (Fsp3) is 0.625. The van der Waals surface area contributed by atoms with Crippen molar-refractivity contribution in [2.45, 2.75) is 57.1 Å². The third-order valence-corrected chi connectivity index (χ3v) is 5.65. The molecule has 1 aromatic carbocycles. The topological polar surface area (TPSA) is 57.6 Å². The molecule has 1 fully saturated rings. The quantitative estimate of drug-likeness (QED) is 0.842. The molecule has 1 saturated carbocycles. The Hall–Kier alpha value is -0.910. The van der Waals surface area contributed by atoms with Gasteiger partial charge >= 0.3 is 0 Å². The van der Waals surface area contributed by atoms with Crippen molar-refractivity contribution in [1.82, 2.24) is 4.31 Å². The normalized spacial score (nSPS) is 17.4. The Morgan fingerprint density at radius 1 is 1.33 bits per heavy atom. The fourth-order valence-electron chi connectivity index (χ4n) is 2.42. The summed E-state index contributed by atoms with van der Waals surface area (Å²) in [5.74, 6) is 0.296. The maximum atomic E-state index is 12.9. The van der Waals surface area contributed by atoms with Gasteiger partial charge in [0.15, 0.2) is 0 Å². The van der Waals surface area contributed by atoms with E-state index in [-0.39, 0.29) is 6.04 Å². The van der Waals surface area contributed by atoms with E-state index in [2.05, 4.69) is 0 Å². The number of aliphatic hydroxyl groups is 1. The molecule has 0 aromatic heterocycles. The summed E-state index contributed by atoms with van der Waals surface area (Å²) >= 11 is 0. The Kier molecular flexibility index (Phi) is 5.07. The van der Waals surface area contributed by atoms with Crippen LogP contribution in [0.5, 0.6) is 0 Å². The summed E-state index contributed by atoms with van der Waals surface area (Å²) in [5, 5.41) is 9.92. The van der Waals surface area contributed by atoms with E-state index in [1.54, 1.807) is 28.6 Å². The molecule has 21 heavy (non-hydrogen) atoms. The molecule has 1 atom stereocenters. The molecule has 118 valence electrons. The first-order chi connectivity index (χ1) is 9.86. The molecule has 1 unspecified atom stereocenters. The molecule has 0 aliphatic heterocycles. The molecule has 4 nitrogen and oxygen atoms in total. The fourth-order valence-corrected chi connectivity index (χ4v) is 4.32. The second kappa shape index (κ2) is 6.46. The van der Waals surface area contributed by atoms with Crippen LogP contribution in [0.25, 0.3) is 0 Å². The largest absolute Gasteiger partial charge is 0.388 e. The minimum absolute atomic E-state index is 0.150. The van der Waals surface area contributed by atoms with Gasteiger partial charge in [-0.3, -0.25) is 0 Å². The van der Waals surface area contributed by atoms with Gasteiger partial charge in [-0.25, -0.2) is 8.42 Å². The zero-order valence-corrected chi connectivity index (χ0v) is 13.8. The molecule has 0 radical (unpaired) electrons. The Bertz CT molecular complexity index is 579. The summed E-state index contributed by atoms with van der Waals surface area (Å²) < 4.78 is 27.3. The van der Waals surface area contributed by atoms with Crippen LogP contribution in [0.4, 0.5) is 0 Å². The highest BCUT2D eigenvalue weighted by Crippen LogP contribution is 2.33. The highest BCUT2D eigenvalue weighted by atomic mass is 32.2. The van der Waals surface area contributed by atoms with Crippen LogP contribution in [-0.4, -0.2) is 30.4 Å². The first kappa shape index (κ1) is 16.5. The lowest BCUT2D eigenvalue weighted by Crippen LogP contribution is -2.36. The first-order valence-corrected chi connectivity index (χ1v) is 9.10. The van der Waals surface area contributed by atoms with Gasteiger partial charge in [-0.05, 0) is 42.9 Å². The molecule has 1 aliphatic rings. The van der Waals surface area contributed by atoms with Gasteiger partial charge in [0.05, 0.1) is 11.0 Å². The van der Waals surface area contributed by atoms with Gasteiger partial charge < -0.3 is 5.11 Å². The van der Waals surface area contributed by atoms with Crippen molar-refractivity contribution < 1.29 is 13.5 Å². The molecule has 0 heterocycles. The van der Waals surface area contributed by atoms with Crippen LogP contribution in [0.2, 0.25) is 0 Å². The Morgan fingerprint density at radius 3 is 2.52 bits per heavy atom. The van der Waals surface area contributed by atoms with Crippen molar-refractivity contribution in [3.05, 3.63) is 29.8 Å². The molecule has 0 spiro atoms. The number of hydrogen-bond donors (Lipinski definition) is 1. The molecule has 1 aromatic rings. The van der Waals surface area contributed by atoms with Gasteiger partial charge in [0.1, 0.15) is 0 Å². The van der Waals surface area contributed by atoms with Crippen LogP contribution in [0.3, 0.4) is 0 Å². The van der Waals surface area contributed by atoms with Crippen LogP contribution in [-0.2, 0) is 10.0 Å².